The van der Waals surface area contributed by atoms with Crippen molar-refractivity contribution in [1.29, 1.82) is 0 Å². The lowest BCUT2D eigenvalue weighted by molar-refractivity contribution is -0.121. The lowest BCUT2D eigenvalue weighted by Gasteiger charge is -2.23. The molecule has 17 heavy (non-hydrogen) atoms. The summed E-state index contributed by atoms with van der Waals surface area (Å²) in [5.41, 5.74) is 1.12. The van der Waals surface area contributed by atoms with Gasteiger partial charge in [0.1, 0.15) is 0 Å². The smallest absolute Gasteiger partial charge is 0.220 e. The van der Waals surface area contributed by atoms with Crippen molar-refractivity contribution >= 4 is 5.91 Å². The van der Waals surface area contributed by atoms with Gasteiger partial charge in [-0.15, -0.1) is 0 Å². The molecule has 1 aliphatic heterocycles. The molecule has 0 saturated carbocycles. The van der Waals surface area contributed by atoms with Gasteiger partial charge in [-0.25, -0.2) is 0 Å². The molecule has 0 aromatic carbocycles. The number of carbonyl (C=O) groups excluding carboxylic acids is 1. The zero-order chi connectivity index (χ0) is 11.9. The van der Waals surface area contributed by atoms with Gasteiger partial charge in [-0.1, -0.05) is 6.07 Å². The Labute approximate surface area is 102 Å². The minimum atomic E-state index is 0.141. The van der Waals surface area contributed by atoms with E-state index in [1.807, 2.05) is 18.3 Å². The van der Waals surface area contributed by atoms with E-state index in [2.05, 4.69) is 15.6 Å². The minimum absolute atomic E-state index is 0.141. The molecule has 1 fully saturated rings. The maximum atomic E-state index is 11.7. The van der Waals surface area contributed by atoms with Crippen LogP contribution in [0.1, 0.15) is 24.8 Å². The van der Waals surface area contributed by atoms with Crippen LogP contribution in [0.25, 0.3) is 0 Å². The zero-order valence-electron chi connectivity index (χ0n) is 9.98. The Bertz CT molecular complexity index is 347. The number of pyridine rings is 1. The molecule has 4 nitrogen and oxygen atoms in total. The molecule has 1 amide bonds. The number of aromatic nitrogens is 1. The molecular weight excluding hydrogens is 214 g/mol. The molecule has 1 aliphatic rings. The fourth-order valence-electron chi connectivity index (χ4n) is 2.08. The molecule has 92 valence electrons. The maximum Gasteiger partial charge on any atom is 0.220 e. The SMILES string of the molecule is O=C(CCc1cccnc1)N[C@H]1CCCNC1. The Kier molecular flexibility index (Phi) is 4.50. The third-order valence-electron chi connectivity index (χ3n) is 3.03. The van der Waals surface area contributed by atoms with Crippen molar-refractivity contribution in [3.05, 3.63) is 30.1 Å². The van der Waals surface area contributed by atoms with Gasteiger partial charge < -0.3 is 10.6 Å². The van der Waals surface area contributed by atoms with E-state index >= 15 is 0 Å². The van der Waals surface area contributed by atoms with Crippen LogP contribution in [-0.4, -0.2) is 30.0 Å². The van der Waals surface area contributed by atoms with Crippen LogP contribution in [0.5, 0.6) is 0 Å². The van der Waals surface area contributed by atoms with Crippen LogP contribution in [-0.2, 0) is 11.2 Å². The fourth-order valence-corrected chi connectivity index (χ4v) is 2.08. The van der Waals surface area contributed by atoms with E-state index in [1.165, 1.54) is 0 Å². The number of nitrogens with one attached hydrogen (secondary N) is 2. The van der Waals surface area contributed by atoms with Gasteiger partial charge in [0.2, 0.25) is 5.91 Å². The van der Waals surface area contributed by atoms with Crippen LogP contribution in [0.15, 0.2) is 24.5 Å². The number of hydrogen-bond acceptors (Lipinski definition) is 3. The van der Waals surface area contributed by atoms with Crippen LogP contribution in [0.4, 0.5) is 0 Å². The molecule has 1 aromatic rings. The highest BCUT2D eigenvalue weighted by molar-refractivity contribution is 5.76. The number of aryl methyl sites for hydroxylation is 1. The third-order valence-corrected chi connectivity index (χ3v) is 3.03. The first kappa shape index (κ1) is 12.0. The summed E-state index contributed by atoms with van der Waals surface area (Å²) in [6, 6.07) is 4.21. The van der Waals surface area contributed by atoms with Gasteiger partial charge in [0.05, 0.1) is 0 Å². The molecule has 1 atom stereocenters. The van der Waals surface area contributed by atoms with Crippen molar-refractivity contribution in [2.75, 3.05) is 13.1 Å². The van der Waals surface area contributed by atoms with Crippen LogP contribution in [0.3, 0.4) is 0 Å². The number of nitrogens with zero attached hydrogens (tertiary/aromatic N) is 1. The number of rotatable bonds is 4. The van der Waals surface area contributed by atoms with Crippen molar-refractivity contribution < 1.29 is 4.79 Å². The summed E-state index contributed by atoms with van der Waals surface area (Å²) in [7, 11) is 0. The summed E-state index contributed by atoms with van der Waals surface area (Å²) in [6.07, 6.45) is 7.11. The highest BCUT2D eigenvalue weighted by Gasteiger charge is 2.14. The molecule has 0 bridgehead atoms. The second-order valence-corrected chi connectivity index (χ2v) is 4.47. The van der Waals surface area contributed by atoms with Gasteiger partial charge in [-0.3, -0.25) is 9.78 Å². The van der Waals surface area contributed by atoms with Crippen molar-refractivity contribution in [3.63, 3.8) is 0 Å². The normalized spacial score (nSPS) is 19.9. The van der Waals surface area contributed by atoms with Crippen LogP contribution in [0, 0.1) is 0 Å². The maximum absolute atomic E-state index is 11.7. The van der Waals surface area contributed by atoms with E-state index in [-0.39, 0.29) is 5.91 Å². The largest absolute Gasteiger partial charge is 0.352 e. The van der Waals surface area contributed by atoms with Gasteiger partial charge in [0, 0.05) is 31.4 Å². The van der Waals surface area contributed by atoms with Crippen LogP contribution in [0.2, 0.25) is 0 Å². The summed E-state index contributed by atoms with van der Waals surface area (Å²) in [6.45, 7) is 1.97. The lowest BCUT2D eigenvalue weighted by Crippen LogP contribution is -2.45. The molecule has 0 unspecified atom stereocenters. The van der Waals surface area contributed by atoms with E-state index in [1.54, 1.807) is 6.20 Å². The Morgan fingerprint density at radius 3 is 3.24 bits per heavy atom. The summed E-state index contributed by atoms with van der Waals surface area (Å²) < 4.78 is 0. The predicted octanol–water partition coefficient (Wildman–Crippen LogP) is 0.882. The topological polar surface area (TPSA) is 54.0 Å². The fraction of sp³-hybridized carbons (Fsp3) is 0.538. The van der Waals surface area contributed by atoms with Crippen molar-refractivity contribution in [2.24, 2.45) is 0 Å². The Morgan fingerprint density at radius 2 is 2.53 bits per heavy atom. The van der Waals surface area contributed by atoms with Crippen molar-refractivity contribution in [3.8, 4) is 0 Å². The molecule has 0 spiro atoms. The Morgan fingerprint density at radius 1 is 1.59 bits per heavy atom. The Balaban J connectivity index is 1.70. The number of carbonyl (C=O) groups is 1. The summed E-state index contributed by atoms with van der Waals surface area (Å²) >= 11 is 0. The molecule has 2 N–H and O–H groups in total. The van der Waals surface area contributed by atoms with Crippen LogP contribution >= 0.6 is 0 Å². The van der Waals surface area contributed by atoms with E-state index in [4.69, 9.17) is 0 Å². The third kappa shape index (κ3) is 4.15. The summed E-state index contributed by atoms with van der Waals surface area (Å²) in [5, 5.41) is 6.36. The summed E-state index contributed by atoms with van der Waals surface area (Å²) in [5.74, 6) is 0.141. The van der Waals surface area contributed by atoms with E-state index in [0.717, 1.165) is 37.9 Å². The highest BCUT2D eigenvalue weighted by Crippen LogP contribution is 2.03. The first-order valence-corrected chi connectivity index (χ1v) is 6.23. The van der Waals surface area contributed by atoms with Gasteiger partial charge >= 0.3 is 0 Å². The standard InChI is InChI=1S/C13H19N3O/c17-13(16-12-4-2-8-15-10-12)6-5-11-3-1-7-14-9-11/h1,3,7,9,12,15H,2,4-6,8,10H2,(H,16,17)/t12-/m0/s1. The molecule has 2 rings (SSSR count). The minimum Gasteiger partial charge on any atom is -0.352 e. The molecular formula is C13H19N3O. The summed E-state index contributed by atoms with van der Waals surface area (Å²) in [4.78, 5) is 15.8. The molecule has 1 saturated heterocycles. The molecule has 0 radical (unpaired) electrons. The average Bonchev–Trinajstić information content (AvgIpc) is 2.39. The van der Waals surface area contributed by atoms with E-state index in [9.17, 15) is 4.79 Å². The monoisotopic (exact) mass is 233 g/mol. The van der Waals surface area contributed by atoms with Crippen molar-refractivity contribution in [2.45, 2.75) is 31.7 Å². The quantitative estimate of drug-likeness (QED) is 0.812. The highest BCUT2D eigenvalue weighted by atomic mass is 16.1. The lowest BCUT2D eigenvalue weighted by atomic mass is 10.1. The predicted molar refractivity (Wildman–Crippen MR) is 66.6 cm³/mol. The second kappa shape index (κ2) is 6.35. The number of piperidine rings is 1. The van der Waals surface area contributed by atoms with E-state index < -0.39 is 0 Å². The van der Waals surface area contributed by atoms with Gasteiger partial charge in [-0.2, -0.15) is 0 Å². The first-order valence-electron chi connectivity index (χ1n) is 6.23. The van der Waals surface area contributed by atoms with Gasteiger partial charge in [-0.05, 0) is 37.4 Å². The molecule has 2 heterocycles. The van der Waals surface area contributed by atoms with Crippen molar-refractivity contribution in [1.82, 2.24) is 15.6 Å². The first-order chi connectivity index (χ1) is 8.34. The molecule has 0 aliphatic carbocycles. The second-order valence-electron chi connectivity index (χ2n) is 4.47. The van der Waals surface area contributed by atoms with Gasteiger partial charge in [0.25, 0.3) is 0 Å². The van der Waals surface area contributed by atoms with E-state index in [0.29, 0.717) is 12.5 Å². The Hall–Kier alpha value is -1.42. The average molecular weight is 233 g/mol. The molecule has 4 heteroatoms. The number of hydrogen-bond donors (Lipinski definition) is 2. The van der Waals surface area contributed by atoms with Gasteiger partial charge in [0.15, 0.2) is 0 Å². The zero-order valence-corrected chi connectivity index (χ0v) is 9.98. The molecule has 1 aromatic heterocycles. The van der Waals surface area contributed by atoms with Crippen LogP contribution < -0.4 is 10.6 Å². The number of amides is 1.